The fraction of sp³-hybridized carbons (Fsp3) is 0.810. The van der Waals surface area contributed by atoms with E-state index in [4.69, 9.17) is 63.9 Å². The number of carbonyl (C=O) groups excluding carboxylic acids is 3. The number of nitrogens with one attached hydrogen (secondary N) is 1. The van der Waals surface area contributed by atoms with Crippen LogP contribution in [0.5, 0.6) is 0 Å². The standard InChI is InChI=1S/C21H32Cl3NO9/c1-9(2)16(27)31-13-12(8-26)34-20(30-7,19(25)21(22,23)24)15(33-18(29)11(5)6)14(13)32-17(28)10(3)4/h9-15,25-26H,8H2,1-7H3/t12-,13-,14+,15-,20-/m1/s1. The van der Waals surface area contributed by atoms with Crippen molar-refractivity contribution >= 4 is 58.4 Å². The molecule has 1 rings (SSSR count). The molecule has 0 radical (unpaired) electrons. The van der Waals surface area contributed by atoms with Crippen molar-refractivity contribution in [3.8, 4) is 0 Å². The summed E-state index contributed by atoms with van der Waals surface area (Å²) in [5.74, 6) is -6.53. The molecule has 0 aromatic heterocycles. The second-order valence-electron chi connectivity index (χ2n) is 8.71. The van der Waals surface area contributed by atoms with E-state index in [0.717, 1.165) is 7.11 Å². The Labute approximate surface area is 213 Å². The summed E-state index contributed by atoms with van der Waals surface area (Å²) >= 11 is 17.9. The number of rotatable bonds is 9. The summed E-state index contributed by atoms with van der Waals surface area (Å²) in [6.07, 6.45) is -6.18. The lowest BCUT2D eigenvalue weighted by molar-refractivity contribution is -0.331. The van der Waals surface area contributed by atoms with Crippen LogP contribution in [0, 0.1) is 23.2 Å². The lowest BCUT2D eigenvalue weighted by Crippen LogP contribution is -2.72. The molecule has 13 heteroatoms. The highest BCUT2D eigenvalue weighted by molar-refractivity contribution is 6.77. The summed E-state index contributed by atoms with van der Waals surface area (Å²) in [4.78, 5) is 37.7. The maximum absolute atomic E-state index is 12.6. The Balaban J connectivity index is 3.80. The van der Waals surface area contributed by atoms with Gasteiger partial charge in [0.2, 0.25) is 9.90 Å². The first-order valence-corrected chi connectivity index (χ1v) is 11.8. The minimum Gasteiger partial charge on any atom is -0.455 e. The van der Waals surface area contributed by atoms with E-state index >= 15 is 0 Å². The summed E-state index contributed by atoms with van der Waals surface area (Å²) in [6.45, 7) is 8.58. The molecule has 34 heavy (non-hydrogen) atoms. The maximum Gasteiger partial charge on any atom is 0.308 e. The van der Waals surface area contributed by atoms with Crippen molar-refractivity contribution in [1.82, 2.24) is 0 Å². The van der Waals surface area contributed by atoms with Crippen molar-refractivity contribution in [2.24, 2.45) is 17.8 Å². The molecular weight excluding hydrogens is 517 g/mol. The van der Waals surface area contributed by atoms with E-state index in [1.165, 1.54) is 0 Å². The number of carbonyl (C=O) groups is 3. The second-order valence-corrected chi connectivity index (χ2v) is 11.0. The zero-order chi connectivity index (χ0) is 26.6. The quantitative estimate of drug-likeness (QED) is 0.192. The van der Waals surface area contributed by atoms with E-state index in [2.05, 4.69) is 0 Å². The van der Waals surface area contributed by atoms with Crippen molar-refractivity contribution in [3.63, 3.8) is 0 Å². The summed E-state index contributed by atoms with van der Waals surface area (Å²) < 4.78 is 25.5. The lowest BCUT2D eigenvalue weighted by Gasteiger charge is -2.51. The molecule has 0 spiro atoms. The molecule has 0 aromatic rings. The van der Waals surface area contributed by atoms with Crippen molar-refractivity contribution in [3.05, 3.63) is 0 Å². The van der Waals surface area contributed by atoms with Gasteiger partial charge in [-0.05, 0) is 0 Å². The number of esters is 3. The Morgan fingerprint density at radius 2 is 1.32 bits per heavy atom. The number of aliphatic hydroxyl groups excluding tert-OH is 1. The third-order valence-corrected chi connectivity index (χ3v) is 5.53. The van der Waals surface area contributed by atoms with Crippen LogP contribution in [-0.4, -0.2) is 76.4 Å². The molecule has 0 saturated carbocycles. The van der Waals surface area contributed by atoms with Crippen LogP contribution < -0.4 is 0 Å². The predicted octanol–water partition coefficient (Wildman–Crippen LogP) is 2.81. The molecule has 0 amide bonds. The van der Waals surface area contributed by atoms with Gasteiger partial charge in [0.15, 0.2) is 12.2 Å². The Morgan fingerprint density at radius 1 is 0.912 bits per heavy atom. The van der Waals surface area contributed by atoms with Crippen LogP contribution in [0.15, 0.2) is 0 Å². The Kier molecular flexibility index (Phi) is 11.1. The van der Waals surface area contributed by atoms with Gasteiger partial charge in [-0.1, -0.05) is 76.3 Å². The minimum atomic E-state index is -2.41. The van der Waals surface area contributed by atoms with Crippen LogP contribution in [0.4, 0.5) is 0 Å². The molecule has 1 saturated heterocycles. The fourth-order valence-electron chi connectivity index (χ4n) is 2.98. The van der Waals surface area contributed by atoms with E-state index in [1.807, 2.05) is 0 Å². The van der Waals surface area contributed by atoms with Crippen LogP contribution in [0.3, 0.4) is 0 Å². The van der Waals surface area contributed by atoms with Gasteiger partial charge in [0.1, 0.15) is 11.8 Å². The zero-order valence-electron chi connectivity index (χ0n) is 20.1. The first-order valence-electron chi connectivity index (χ1n) is 10.6. The monoisotopic (exact) mass is 547 g/mol. The number of hydrogen-bond acceptors (Lipinski definition) is 10. The highest BCUT2D eigenvalue weighted by atomic mass is 35.6. The van der Waals surface area contributed by atoms with E-state index in [9.17, 15) is 19.5 Å². The smallest absolute Gasteiger partial charge is 0.308 e. The molecule has 1 aliphatic rings. The number of ether oxygens (including phenoxy) is 5. The van der Waals surface area contributed by atoms with Crippen LogP contribution in [0.2, 0.25) is 0 Å². The average Bonchev–Trinajstić information content (AvgIpc) is 2.74. The maximum atomic E-state index is 12.6. The Morgan fingerprint density at radius 3 is 1.68 bits per heavy atom. The van der Waals surface area contributed by atoms with Gasteiger partial charge in [-0.2, -0.15) is 0 Å². The Hall–Kier alpha value is -1.17. The molecule has 5 atom stereocenters. The second kappa shape index (κ2) is 12.2. The van der Waals surface area contributed by atoms with Gasteiger partial charge >= 0.3 is 17.9 Å². The Bertz CT molecular complexity index is 769. The van der Waals surface area contributed by atoms with E-state index in [1.54, 1.807) is 41.5 Å². The van der Waals surface area contributed by atoms with Crippen LogP contribution in [0.1, 0.15) is 41.5 Å². The van der Waals surface area contributed by atoms with Crippen molar-refractivity contribution in [2.45, 2.75) is 75.5 Å². The van der Waals surface area contributed by atoms with Gasteiger partial charge in [-0.15, -0.1) is 0 Å². The minimum absolute atomic E-state index is 0.592. The molecular formula is C21H32Cl3NO9. The SMILES string of the molecule is CO[C@@]1(C(=N)C(Cl)(Cl)Cl)O[C@H](CO)[C@@H](OC(=O)C(C)C)[C@H](OC(=O)C(C)C)[C@H]1OC(=O)C(C)C. The first-order chi connectivity index (χ1) is 15.5. The van der Waals surface area contributed by atoms with E-state index < -0.39 is 82.0 Å². The largest absolute Gasteiger partial charge is 0.455 e. The third-order valence-electron chi connectivity index (χ3n) is 4.97. The molecule has 196 valence electrons. The molecule has 0 aliphatic carbocycles. The molecule has 1 aliphatic heterocycles. The van der Waals surface area contributed by atoms with Gasteiger partial charge in [0.05, 0.1) is 24.4 Å². The van der Waals surface area contributed by atoms with Gasteiger partial charge < -0.3 is 28.8 Å². The molecule has 0 aromatic carbocycles. The van der Waals surface area contributed by atoms with Crippen LogP contribution >= 0.6 is 34.8 Å². The van der Waals surface area contributed by atoms with E-state index in [0.29, 0.717) is 0 Å². The first kappa shape index (κ1) is 30.9. The molecule has 0 bridgehead atoms. The van der Waals surface area contributed by atoms with Crippen molar-refractivity contribution in [1.29, 1.82) is 5.41 Å². The summed E-state index contributed by atoms with van der Waals surface area (Å²) in [5.41, 5.74) is -0.813. The predicted molar refractivity (Wildman–Crippen MR) is 124 cm³/mol. The van der Waals surface area contributed by atoms with Gasteiger partial charge in [0, 0.05) is 7.11 Å². The number of halogens is 3. The highest BCUT2D eigenvalue weighted by Gasteiger charge is 2.65. The number of aliphatic hydroxyl groups is 1. The lowest BCUT2D eigenvalue weighted by atomic mass is 9.88. The molecule has 10 nitrogen and oxygen atoms in total. The topological polar surface area (TPSA) is 141 Å². The average molecular weight is 549 g/mol. The summed E-state index contributed by atoms with van der Waals surface area (Å²) in [5, 5.41) is 18.5. The van der Waals surface area contributed by atoms with Gasteiger partial charge in [-0.3, -0.25) is 19.8 Å². The van der Waals surface area contributed by atoms with E-state index in [-0.39, 0.29) is 0 Å². The fourth-order valence-corrected chi connectivity index (χ4v) is 3.38. The molecule has 1 fully saturated rings. The molecule has 2 N–H and O–H groups in total. The number of hydrogen-bond donors (Lipinski definition) is 2. The van der Waals surface area contributed by atoms with Crippen molar-refractivity contribution < 1.29 is 43.2 Å². The summed E-state index contributed by atoms with van der Waals surface area (Å²) in [6, 6.07) is 0. The zero-order valence-corrected chi connectivity index (χ0v) is 22.4. The molecule has 0 unspecified atom stereocenters. The third kappa shape index (κ3) is 6.95. The van der Waals surface area contributed by atoms with Crippen LogP contribution in [0.25, 0.3) is 0 Å². The number of alkyl halides is 3. The highest BCUT2D eigenvalue weighted by Crippen LogP contribution is 2.43. The number of methoxy groups -OCH3 is 1. The normalized spacial score (nSPS) is 27.6. The molecule has 1 heterocycles. The summed E-state index contributed by atoms with van der Waals surface area (Å²) in [7, 11) is 1.09. The van der Waals surface area contributed by atoms with Crippen molar-refractivity contribution in [2.75, 3.05) is 13.7 Å². The van der Waals surface area contributed by atoms with Gasteiger partial charge in [0.25, 0.3) is 5.79 Å². The van der Waals surface area contributed by atoms with Crippen LogP contribution in [-0.2, 0) is 38.1 Å². The van der Waals surface area contributed by atoms with Gasteiger partial charge in [-0.25, -0.2) is 0 Å².